The molecule has 0 aliphatic heterocycles. The van der Waals surface area contributed by atoms with E-state index in [1.165, 1.54) is 21.1 Å². The first-order chi connectivity index (χ1) is 9.60. The van der Waals surface area contributed by atoms with E-state index in [2.05, 4.69) is 38.2 Å². The van der Waals surface area contributed by atoms with E-state index in [9.17, 15) is 0 Å². The zero-order valence-corrected chi connectivity index (χ0v) is 13.8. The van der Waals surface area contributed by atoms with Crippen molar-refractivity contribution in [3.05, 3.63) is 50.4 Å². The van der Waals surface area contributed by atoms with Crippen molar-refractivity contribution >= 4 is 22.9 Å². The average molecular weight is 309 g/mol. The summed E-state index contributed by atoms with van der Waals surface area (Å²) in [6, 6.07) is 8.02. The van der Waals surface area contributed by atoms with Gasteiger partial charge in [0.25, 0.3) is 0 Å². The quantitative estimate of drug-likeness (QED) is 0.842. The molecule has 0 bridgehead atoms. The Labute approximate surface area is 130 Å². The van der Waals surface area contributed by atoms with E-state index in [0.717, 1.165) is 24.5 Å². The van der Waals surface area contributed by atoms with E-state index >= 15 is 0 Å². The van der Waals surface area contributed by atoms with Crippen LogP contribution in [0.2, 0.25) is 5.02 Å². The molecule has 1 N–H and O–H groups in total. The fourth-order valence-electron chi connectivity index (χ4n) is 2.08. The van der Waals surface area contributed by atoms with E-state index in [1.54, 1.807) is 0 Å². The van der Waals surface area contributed by atoms with Crippen molar-refractivity contribution in [2.75, 3.05) is 6.54 Å². The van der Waals surface area contributed by atoms with Gasteiger partial charge >= 0.3 is 0 Å². The molecule has 1 aromatic heterocycles. The van der Waals surface area contributed by atoms with Crippen molar-refractivity contribution in [3.8, 4) is 0 Å². The molecule has 4 heteroatoms. The van der Waals surface area contributed by atoms with Crippen LogP contribution >= 0.6 is 22.9 Å². The van der Waals surface area contributed by atoms with Gasteiger partial charge in [-0.15, -0.1) is 11.3 Å². The first-order valence-corrected chi connectivity index (χ1v) is 8.23. The van der Waals surface area contributed by atoms with Crippen LogP contribution in [0.4, 0.5) is 0 Å². The third kappa shape index (κ3) is 4.05. The third-order valence-electron chi connectivity index (χ3n) is 3.12. The van der Waals surface area contributed by atoms with Gasteiger partial charge in [0.05, 0.1) is 10.7 Å². The van der Waals surface area contributed by atoms with E-state index < -0.39 is 0 Å². The minimum atomic E-state index is 0.471. The van der Waals surface area contributed by atoms with Crippen molar-refractivity contribution in [2.45, 2.75) is 39.7 Å². The lowest BCUT2D eigenvalue weighted by molar-refractivity contribution is 0.713. The molecule has 0 unspecified atom stereocenters. The Kier molecular flexibility index (Phi) is 5.58. The summed E-state index contributed by atoms with van der Waals surface area (Å²) in [6.45, 7) is 8.45. The second-order valence-corrected chi connectivity index (χ2v) is 6.76. The molecule has 0 aliphatic carbocycles. The third-order valence-corrected chi connectivity index (χ3v) is 4.45. The summed E-state index contributed by atoms with van der Waals surface area (Å²) in [5.41, 5.74) is 2.49. The fourth-order valence-corrected chi connectivity index (χ4v) is 3.44. The first-order valence-electron chi connectivity index (χ1n) is 7.03. The second kappa shape index (κ2) is 7.21. The number of hydrogen-bond acceptors (Lipinski definition) is 3. The SMILES string of the molecule is CCNCc1sc(Cc2ccc(Cl)cc2)nc1C(C)C. The number of hydrogen-bond donors (Lipinski definition) is 1. The van der Waals surface area contributed by atoms with Crippen LogP contribution < -0.4 is 5.32 Å². The summed E-state index contributed by atoms with van der Waals surface area (Å²) in [7, 11) is 0. The average Bonchev–Trinajstić information content (AvgIpc) is 2.82. The highest BCUT2D eigenvalue weighted by Crippen LogP contribution is 2.27. The number of halogens is 1. The minimum Gasteiger partial charge on any atom is -0.312 e. The molecule has 0 aliphatic rings. The predicted octanol–water partition coefficient (Wildman–Crippen LogP) is 4.62. The molecule has 0 saturated heterocycles. The molecule has 0 amide bonds. The molecule has 2 aromatic rings. The van der Waals surface area contributed by atoms with Gasteiger partial charge in [-0.2, -0.15) is 0 Å². The van der Waals surface area contributed by atoms with Gasteiger partial charge in [0.15, 0.2) is 0 Å². The summed E-state index contributed by atoms with van der Waals surface area (Å²) < 4.78 is 0. The summed E-state index contributed by atoms with van der Waals surface area (Å²) in [4.78, 5) is 6.19. The van der Waals surface area contributed by atoms with Crippen molar-refractivity contribution in [1.29, 1.82) is 0 Å². The summed E-state index contributed by atoms with van der Waals surface area (Å²) in [5.74, 6) is 0.471. The van der Waals surface area contributed by atoms with Gasteiger partial charge < -0.3 is 5.32 Å². The second-order valence-electron chi connectivity index (χ2n) is 5.15. The Morgan fingerprint density at radius 1 is 1.25 bits per heavy atom. The summed E-state index contributed by atoms with van der Waals surface area (Å²) >= 11 is 7.74. The number of nitrogens with zero attached hydrogens (tertiary/aromatic N) is 1. The highest BCUT2D eigenvalue weighted by Gasteiger charge is 2.14. The van der Waals surface area contributed by atoms with Crippen LogP contribution in [-0.4, -0.2) is 11.5 Å². The van der Waals surface area contributed by atoms with Crippen molar-refractivity contribution in [3.63, 3.8) is 0 Å². The summed E-state index contributed by atoms with van der Waals surface area (Å²) in [6.07, 6.45) is 0.883. The predicted molar refractivity (Wildman–Crippen MR) is 87.8 cm³/mol. The highest BCUT2D eigenvalue weighted by molar-refractivity contribution is 7.11. The lowest BCUT2D eigenvalue weighted by Crippen LogP contribution is -2.12. The molecule has 0 radical (unpaired) electrons. The van der Waals surface area contributed by atoms with Crippen LogP contribution in [0.15, 0.2) is 24.3 Å². The lowest BCUT2D eigenvalue weighted by Gasteiger charge is -2.04. The Morgan fingerprint density at radius 2 is 1.95 bits per heavy atom. The maximum Gasteiger partial charge on any atom is 0.0975 e. The molecule has 0 atom stereocenters. The van der Waals surface area contributed by atoms with Gasteiger partial charge in [0, 0.05) is 22.9 Å². The van der Waals surface area contributed by atoms with Gasteiger partial charge in [0.1, 0.15) is 0 Å². The smallest absolute Gasteiger partial charge is 0.0975 e. The van der Waals surface area contributed by atoms with Crippen molar-refractivity contribution in [1.82, 2.24) is 10.3 Å². The molecule has 1 heterocycles. The molecule has 0 saturated carbocycles. The lowest BCUT2D eigenvalue weighted by atomic mass is 10.1. The zero-order valence-electron chi connectivity index (χ0n) is 12.2. The molecular weight excluding hydrogens is 288 g/mol. The van der Waals surface area contributed by atoms with Gasteiger partial charge in [-0.05, 0) is 30.2 Å². The van der Waals surface area contributed by atoms with Gasteiger partial charge in [0.2, 0.25) is 0 Å². The first kappa shape index (κ1) is 15.5. The molecule has 108 valence electrons. The molecule has 20 heavy (non-hydrogen) atoms. The van der Waals surface area contributed by atoms with E-state index in [4.69, 9.17) is 16.6 Å². The largest absolute Gasteiger partial charge is 0.312 e. The molecule has 2 rings (SSSR count). The Balaban J connectivity index is 2.17. The number of nitrogens with one attached hydrogen (secondary N) is 1. The van der Waals surface area contributed by atoms with Gasteiger partial charge in [-0.3, -0.25) is 0 Å². The molecular formula is C16H21ClN2S. The van der Waals surface area contributed by atoms with Crippen LogP contribution in [-0.2, 0) is 13.0 Å². The molecule has 1 aromatic carbocycles. The van der Waals surface area contributed by atoms with E-state index in [-0.39, 0.29) is 0 Å². The standard InChI is InChI=1S/C16H21ClN2S/c1-4-18-10-14-16(11(2)3)19-15(20-14)9-12-5-7-13(17)8-6-12/h5-8,11,18H,4,9-10H2,1-3H3. The van der Waals surface area contributed by atoms with Crippen molar-refractivity contribution in [2.24, 2.45) is 0 Å². The zero-order chi connectivity index (χ0) is 14.5. The highest BCUT2D eigenvalue weighted by atomic mass is 35.5. The minimum absolute atomic E-state index is 0.471. The van der Waals surface area contributed by atoms with E-state index in [0.29, 0.717) is 5.92 Å². The van der Waals surface area contributed by atoms with Crippen molar-refractivity contribution < 1.29 is 0 Å². The normalized spacial score (nSPS) is 11.2. The Bertz CT molecular complexity index is 546. The molecule has 0 fully saturated rings. The Morgan fingerprint density at radius 3 is 2.55 bits per heavy atom. The van der Waals surface area contributed by atoms with Crippen LogP contribution in [0.25, 0.3) is 0 Å². The van der Waals surface area contributed by atoms with Crippen LogP contribution in [0.1, 0.15) is 47.8 Å². The van der Waals surface area contributed by atoms with Crippen LogP contribution in [0.5, 0.6) is 0 Å². The van der Waals surface area contributed by atoms with E-state index in [1.807, 2.05) is 23.5 Å². The van der Waals surface area contributed by atoms with Gasteiger partial charge in [-0.25, -0.2) is 4.98 Å². The summed E-state index contributed by atoms with van der Waals surface area (Å²) in [5, 5.41) is 5.36. The van der Waals surface area contributed by atoms with Crippen LogP contribution in [0.3, 0.4) is 0 Å². The fraction of sp³-hybridized carbons (Fsp3) is 0.438. The molecule has 2 nitrogen and oxygen atoms in total. The number of aromatic nitrogens is 1. The maximum atomic E-state index is 5.92. The van der Waals surface area contributed by atoms with Crippen LogP contribution in [0, 0.1) is 0 Å². The number of rotatable bonds is 6. The number of thiazole rings is 1. The maximum absolute atomic E-state index is 5.92. The molecule has 0 spiro atoms. The monoisotopic (exact) mass is 308 g/mol. The number of benzene rings is 1. The van der Waals surface area contributed by atoms with Gasteiger partial charge in [-0.1, -0.05) is 44.5 Å². The topological polar surface area (TPSA) is 24.9 Å². The Hall–Kier alpha value is -0.900.